The lowest BCUT2D eigenvalue weighted by molar-refractivity contribution is -0.274. The topological polar surface area (TPSA) is 107 Å². The lowest BCUT2D eigenvalue weighted by Gasteiger charge is -2.28. The predicted molar refractivity (Wildman–Crippen MR) is 149 cm³/mol. The number of halogens is 3. The number of pyridine rings is 1. The van der Waals surface area contributed by atoms with Crippen LogP contribution in [0.1, 0.15) is 38.5 Å². The lowest BCUT2D eigenvalue weighted by Crippen LogP contribution is -2.49. The molecule has 0 saturated carbocycles. The van der Waals surface area contributed by atoms with Crippen LogP contribution in [0.3, 0.4) is 0 Å². The monoisotopic (exact) mass is 570 g/mol. The first-order valence-corrected chi connectivity index (χ1v) is 13.5. The minimum absolute atomic E-state index is 0.100. The number of carbonyl (C=O) groups is 2. The molecule has 41 heavy (non-hydrogen) atoms. The first-order valence-electron chi connectivity index (χ1n) is 13.5. The van der Waals surface area contributed by atoms with Crippen molar-refractivity contribution in [2.24, 2.45) is 5.73 Å². The largest absolute Gasteiger partial charge is 0.573 e. The number of alkyl halides is 3. The van der Waals surface area contributed by atoms with Crippen molar-refractivity contribution < 1.29 is 32.2 Å². The fraction of sp³-hybridized carbons (Fsp3) is 0.367. The van der Waals surface area contributed by atoms with E-state index in [1.165, 1.54) is 23.1 Å². The van der Waals surface area contributed by atoms with Crippen molar-refractivity contribution in [2.45, 2.75) is 63.1 Å². The second-order valence-electron chi connectivity index (χ2n) is 9.92. The van der Waals surface area contributed by atoms with Gasteiger partial charge >= 0.3 is 6.36 Å². The van der Waals surface area contributed by atoms with E-state index in [9.17, 15) is 22.8 Å². The highest BCUT2D eigenvalue weighted by Crippen LogP contribution is 2.30. The van der Waals surface area contributed by atoms with E-state index in [-0.39, 0.29) is 18.7 Å². The number of carbonyl (C=O) groups excluding carboxylic acids is 2. The molecule has 2 aromatic carbocycles. The van der Waals surface area contributed by atoms with Gasteiger partial charge in [-0.15, -0.1) is 19.8 Å². The van der Waals surface area contributed by atoms with E-state index in [1.54, 1.807) is 12.3 Å². The summed E-state index contributed by atoms with van der Waals surface area (Å²) in [5, 5.41) is 4.80. The van der Waals surface area contributed by atoms with Crippen LogP contribution in [0.15, 0.2) is 73.4 Å². The molecular weight excluding hydrogens is 537 g/mol. The van der Waals surface area contributed by atoms with E-state index >= 15 is 0 Å². The Kier molecular flexibility index (Phi) is 9.69. The van der Waals surface area contributed by atoms with Gasteiger partial charge in [0.1, 0.15) is 23.9 Å². The summed E-state index contributed by atoms with van der Waals surface area (Å²) in [5.41, 5.74) is 5.98. The van der Waals surface area contributed by atoms with E-state index in [4.69, 9.17) is 10.5 Å². The Labute approximate surface area is 236 Å². The molecule has 218 valence electrons. The van der Waals surface area contributed by atoms with Gasteiger partial charge < -0.3 is 25.4 Å². The highest BCUT2D eigenvalue weighted by atomic mass is 19.4. The Balaban J connectivity index is 1.53. The summed E-state index contributed by atoms with van der Waals surface area (Å²) >= 11 is 0. The third-order valence-electron chi connectivity index (χ3n) is 6.90. The predicted octanol–water partition coefficient (Wildman–Crippen LogP) is 5.58. The molecule has 1 fully saturated rings. The van der Waals surface area contributed by atoms with Crippen molar-refractivity contribution in [3.63, 3.8) is 0 Å². The summed E-state index contributed by atoms with van der Waals surface area (Å²) in [5.74, 6) is -1.08. The zero-order valence-corrected chi connectivity index (χ0v) is 22.5. The molecule has 3 aromatic rings. The van der Waals surface area contributed by atoms with E-state index in [0.717, 1.165) is 30.0 Å². The van der Waals surface area contributed by atoms with Gasteiger partial charge in [-0.05, 0) is 48.9 Å². The molecule has 11 heteroatoms. The van der Waals surface area contributed by atoms with Gasteiger partial charge in [-0.3, -0.25) is 9.59 Å². The third-order valence-corrected chi connectivity index (χ3v) is 6.90. The number of allylic oxidation sites excluding steroid dienone is 1. The number of nitrogens with one attached hydrogen (secondary N) is 1. The van der Waals surface area contributed by atoms with Gasteiger partial charge in [-0.2, -0.15) is 0 Å². The van der Waals surface area contributed by atoms with E-state index < -0.39 is 42.1 Å². The number of likely N-dealkylation sites (tertiary alicyclic amines) is 1. The maximum atomic E-state index is 13.9. The average molecular weight is 571 g/mol. The molecule has 0 radical (unpaired) electrons. The fourth-order valence-corrected chi connectivity index (χ4v) is 5.00. The van der Waals surface area contributed by atoms with Crippen molar-refractivity contribution in [3.05, 3.63) is 73.4 Å². The molecular formula is C30H33F3N4O4. The number of anilines is 1. The number of nitrogens with two attached hydrogens (primary N) is 1. The Morgan fingerprint density at radius 1 is 1.15 bits per heavy atom. The van der Waals surface area contributed by atoms with Crippen LogP contribution in [0.25, 0.3) is 10.8 Å². The number of unbranched alkanes of at least 4 members (excludes halogenated alkanes) is 3. The number of hydrogen-bond acceptors (Lipinski definition) is 6. The maximum Gasteiger partial charge on any atom is 0.573 e. The van der Waals surface area contributed by atoms with E-state index in [2.05, 4.69) is 21.6 Å². The fourth-order valence-electron chi connectivity index (χ4n) is 5.00. The summed E-state index contributed by atoms with van der Waals surface area (Å²) < 4.78 is 48.5. The maximum absolute atomic E-state index is 13.9. The zero-order valence-electron chi connectivity index (χ0n) is 22.5. The number of primary amides is 1. The highest BCUT2D eigenvalue weighted by molar-refractivity contribution is 5.91. The Bertz CT molecular complexity index is 1360. The molecule has 3 atom stereocenters. The number of benzene rings is 2. The van der Waals surface area contributed by atoms with Crippen LogP contribution in [0.4, 0.5) is 18.9 Å². The Hall–Kier alpha value is -4.28. The molecule has 0 aliphatic carbocycles. The minimum atomic E-state index is -4.85. The number of aromatic nitrogens is 1. The number of nitrogens with zero attached hydrogens (tertiary/aromatic N) is 2. The lowest BCUT2D eigenvalue weighted by atomic mass is 10.0. The molecule has 4 rings (SSSR count). The van der Waals surface area contributed by atoms with Crippen LogP contribution in [0.2, 0.25) is 0 Å². The van der Waals surface area contributed by atoms with Gasteiger partial charge in [0.15, 0.2) is 0 Å². The molecule has 1 aliphatic heterocycles. The van der Waals surface area contributed by atoms with E-state index in [1.807, 2.05) is 36.4 Å². The molecule has 3 N–H and O–H groups in total. The third kappa shape index (κ3) is 8.12. The first kappa shape index (κ1) is 29.7. The number of fused-ring (bicyclic) bond motifs is 1. The summed E-state index contributed by atoms with van der Waals surface area (Å²) in [6, 6.07) is 13.0. The second kappa shape index (κ2) is 13.4. The zero-order chi connectivity index (χ0) is 29.4. The summed E-state index contributed by atoms with van der Waals surface area (Å²) in [6.07, 6.45) is 1.86. The van der Waals surface area contributed by atoms with Gasteiger partial charge in [-0.1, -0.05) is 43.2 Å². The smallest absolute Gasteiger partial charge is 0.472 e. The van der Waals surface area contributed by atoms with Crippen molar-refractivity contribution in [1.29, 1.82) is 0 Å². The average Bonchev–Trinajstić information content (AvgIpc) is 3.35. The Morgan fingerprint density at radius 2 is 1.95 bits per heavy atom. The summed E-state index contributed by atoms with van der Waals surface area (Å²) in [7, 11) is 0. The molecule has 0 unspecified atom stereocenters. The van der Waals surface area contributed by atoms with E-state index in [0.29, 0.717) is 18.7 Å². The van der Waals surface area contributed by atoms with Gasteiger partial charge in [0.2, 0.25) is 17.7 Å². The SMILES string of the molecule is C=CCCCCC[C@H](Nc1cccc(OC(F)(F)F)c1)C(=O)N1C[C@H](Oc2nccc3ccccc23)C[C@H]1C(N)=O. The highest BCUT2D eigenvalue weighted by Gasteiger charge is 2.42. The molecule has 2 amide bonds. The minimum Gasteiger partial charge on any atom is -0.472 e. The van der Waals surface area contributed by atoms with Crippen molar-refractivity contribution in [2.75, 3.05) is 11.9 Å². The van der Waals surface area contributed by atoms with Gasteiger partial charge in [0.25, 0.3) is 0 Å². The quantitative estimate of drug-likeness (QED) is 0.205. The van der Waals surface area contributed by atoms with Crippen molar-refractivity contribution in [1.82, 2.24) is 9.88 Å². The van der Waals surface area contributed by atoms with Crippen LogP contribution in [-0.2, 0) is 9.59 Å². The first-order chi connectivity index (χ1) is 19.6. The Morgan fingerprint density at radius 3 is 2.71 bits per heavy atom. The molecule has 1 aliphatic rings. The van der Waals surface area contributed by atoms with Crippen LogP contribution in [0.5, 0.6) is 11.6 Å². The molecule has 0 bridgehead atoms. The van der Waals surface area contributed by atoms with Crippen LogP contribution in [-0.4, -0.2) is 52.8 Å². The summed E-state index contributed by atoms with van der Waals surface area (Å²) in [4.78, 5) is 32.0. The van der Waals surface area contributed by atoms with Crippen LogP contribution >= 0.6 is 0 Å². The number of hydrogen-bond donors (Lipinski definition) is 2. The normalized spacial score (nSPS) is 17.7. The van der Waals surface area contributed by atoms with Crippen molar-refractivity contribution >= 4 is 28.3 Å². The standard InChI is InChI=1S/C30H33F3N4O4/c1-2-3-4-5-6-14-25(36-21-11-9-12-22(17-21)41-30(31,32)33)29(39)37-19-23(18-26(37)27(34)38)40-28-24-13-8-7-10-20(24)15-16-35-28/h2,7-13,15-17,23,25-26,36H,1,3-6,14,18-19H2,(H2,34,38)/t23-,25+,26+/m1/s1. The van der Waals surface area contributed by atoms with Crippen LogP contribution < -0.4 is 20.5 Å². The van der Waals surface area contributed by atoms with Gasteiger partial charge in [0, 0.05) is 29.8 Å². The number of ether oxygens (including phenoxy) is 2. The molecule has 1 saturated heterocycles. The molecule has 8 nitrogen and oxygen atoms in total. The van der Waals surface area contributed by atoms with Gasteiger partial charge in [-0.25, -0.2) is 4.98 Å². The van der Waals surface area contributed by atoms with Gasteiger partial charge in [0.05, 0.1) is 6.54 Å². The number of rotatable bonds is 13. The molecule has 1 aromatic heterocycles. The second-order valence-corrected chi connectivity index (χ2v) is 9.92. The van der Waals surface area contributed by atoms with Crippen molar-refractivity contribution in [3.8, 4) is 11.6 Å². The summed E-state index contributed by atoms with van der Waals surface area (Å²) in [6.45, 7) is 3.82. The van der Waals surface area contributed by atoms with Crippen LogP contribution in [0, 0.1) is 0 Å². The number of amides is 2. The molecule has 0 spiro atoms. The molecule has 2 heterocycles.